The van der Waals surface area contributed by atoms with Gasteiger partial charge in [0.2, 0.25) is 0 Å². The van der Waals surface area contributed by atoms with Crippen molar-refractivity contribution in [2.75, 3.05) is 19.6 Å². The lowest BCUT2D eigenvalue weighted by Crippen LogP contribution is -2.34. The smallest absolute Gasteiger partial charge is 0.0944 e. The van der Waals surface area contributed by atoms with Gasteiger partial charge in [0.05, 0.1) is 10.7 Å². The summed E-state index contributed by atoms with van der Waals surface area (Å²) in [4.78, 5) is 8.53. The predicted octanol–water partition coefficient (Wildman–Crippen LogP) is 3.22. The second-order valence-corrected chi connectivity index (χ2v) is 7.16. The molecule has 0 radical (unpaired) electrons. The molecule has 19 heavy (non-hydrogen) atoms. The lowest BCUT2D eigenvalue weighted by molar-refractivity contribution is 0.308. The monoisotopic (exact) mass is 283 g/mol. The van der Waals surface area contributed by atoms with Crippen molar-refractivity contribution in [2.45, 2.75) is 60.0 Å². The molecule has 1 rings (SSSR count). The molecule has 0 saturated heterocycles. The molecule has 0 bridgehead atoms. The van der Waals surface area contributed by atoms with Gasteiger partial charge in [-0.2, -0.15) is 0 Å². The normalized spacial score (nSPS) is 12.4. The highest BCUT2D eigenvalue weighted by atomic mass is 32.1. The number of nitrogens with zero attached hydrogens (tertiary/aromatic N) is 2. The van der Waals surface area contributed by atoms with Crippen LogP contribution >= 0.6 is 11.3 Å². The van der Waals surface area contributed by atoms with Crippen molar-refractivity contribution in [3.8, 4) is 0 Å². The third kappa shape index (κ3) is 6.02. The van der Waals surface area contributed by atoms with E-state index in [-0.39, 0.29) is 5.54 Å². The van der Waals surface area contributed by atoms with E-state index in [4.69, 9.17) is 4.98 Å². The van der Waals surface area contributed by atoms with E-state index in [2.05, 4.69) is 51.8 Å². The van der Waals surface area contributed by atoms with E-state index in [1.165, 1.54) is 15.6 Å². The fourth-order valence-electron chi connectivity index (χ4n) is 1.90. The Morgan fingerprint density at radius 2 is 1.84 bits per heavy atom. The average molecular weight is 283 g/mol. The molecule has 0 unspecified atom stereocenters. The average Bonchev–Trinajstić information content (AvgIpc) is 2.68. The number of thiazole rings is 1. The maximum atomic E-state index is 4.70. The highest BCUT2D eigenvalue weighted by Crippen LogP contribution is 2.19. The zero-order valence-corrected chi connectivity index (χ0v) is 14.2. The van der Waals surface area contributed by atoms with Gasteiger partial charge in [0.25, 0.3) is 0 Å². The van der Waals surface area contributed by atoms with E-state index < -0.39 is 0 Å². The zero-order chi connectivity index (χ0) is 14.5. The van der Waals surface area contributed by atoms with Gasteiger partial charge < -0.3 is 10.2 Å². The highest BCUT2D eigenvalue weighted by Gasteiger charge is 2.13. The van der Waals surface area contributed by atoms with Gasteiger partial charge in [-0.05, 0) is 40.8 Å². The summed E-state index contributed by atoms with van der Waals surface area (Å²) in [5, 5.41) is 4.81. The first kappa shape index (κ1) is 16.6. The van der Waals surface area contributed by atoms with E-state index in [1.54, 1.807) is 0 Å². The number of hydrogen-bond acceptors (Lipinski definition) is 4. The van der Waals surface area contributed by atoms with Crippen LogP contribution in [-0.2, 0) is 13.0 Å². The van der Waals surface area contributed by atoms with Crippen LogP contribution in [0, 0.1) is 6.92 Å². The molecular weight excluding hydrogens is 254 g/mol. The van der Waals surface area contributed by atoms with Gasteiger partial charge in [0.1, 0.15) is 0 Å². The fourth-order valence-corrected chi connectivity index (χ4v) is 2.90. The molecule has 1 aromatic rings. The van der Waals surface area contributed by atoms with E-state index in [0.717, 1.165) is 32.6 Å². The Morgan fingerprint density at radius 1 is 1.21 bits per heavy atom. The Labute approximate surface area is 122 Å². The SMILES string of the molecule is CCN(CC)CCc1nc(C)c(CNC(C)(C)C)s1. The Balaban J connectivity index is 2.54. The molecule has 110 valence electrons. The summed E-state index contributed by atoms with van der Waals surface area (Å²) in [6, 6.07) is 0. The molecule has 0 fully saturated rings. The first-order valence-electron chi connectivity index (χ1n) is 7.28. The van der Waals surface area contributed by atoms with Crippen molar-refractivity contribution < 1.29 is 0 Å². The summed E-state index contributed by atoms with van der Waals surface area (Å²) in [6.07, 6.45) is 1.07. The van der Waals surface area contributed by atoms with Gasteiger partial charge in [-0.25, -0.2) is 4.98 Å². The standard InChI is InChI=1S/C15H29N3S/c1-7-18(8-2)10-9-14-17-12(3)13(19-14)11-16-15(4,5)6/h16H,7-11H2,1-6H3. The number of aromatic nitrogens is 1. The molecule has 1 aromatic heterocycles. The number of rotatable bonds is 7. The van der Waals surface area contributed by atoms with Crippen LogP contribution in [0.15, 0.2) is 0 Å². The van der Waals surface area contributed by atoms with Crippen LogP contribution in [-0.4, -0.2) is 35.1 Å². The Hall–Kier alpha value is -0.450. The van der Waals surface area contributed by atoms with Gasteiger partial charge in [-0.3, -0.25) is 0 Å². The minimum Gasteiger partial charge on any atom is -0.307 e. The molecule has 0 aliphatic rings. The first-order chi connectivity index (χ1) is 8.85. The molecule has 0 saturated carbocycles. The summed E-state index contributed by atoms with van der Waals surface area (Å²) in [7, 11) is 0. The number of nitrogens with one attached hydrogen (secondary N) is 1. The summed E-state index contributed by atoms with van der Waals surface area (Å²) < 4.78 is 0. The van der Waals surface area contributed by atoms with Crippen LogP contribution in [0.1, 0.15) is 50.2 Å². The van der Waals surface area contributed by atoms with Crippen molar-refractivity contribution in [1.29, 1.82) is 0 Å². The van der Waals surface area contributed by atoms with Gasteiger partial charge in [0.15, 0.2) is 0 Å². The van der Waals surface area contributed by atoms with Gasteiger partial charge in [-0.15, -0.1) is 11.3 Å². The van der Waals surface area contributed by atoms with Crippen LogP contribution in [0.2, 0.25) is 0 Å². The van der Waals surface area contributed by atoms with Crippen molar-refractivity contribution in [1.82, 2.24) is 15.2 Å². The minimum absolute atomic E-state index is 0.164. The second-order valence-electron chi connectivity index (χ2n) is 6.00. The molecule has 3 nitrogen and oxygen atoms in total. The van der Waals surface area contributed by atoms with Crippen molar-refractivity contribution in [3.05, 3.63) is 15.6 Å². The second kappa shape index (κ2) is 7.36. The quantitative estimate of drug-likeness (QED) is 0.833. The van der Waals surface area contributed by atoms with E-state index in [0.29, 0.717) is 0 Å². The summed E-state index contributed by atoms with van der Waals surface area (Å²) in [5.74, 6) is 0. The molecule has 4 heteroatoms. The summed E-state index contributed by atoms with van der Waals surface area (Å²) >= 11 is 1.86. The van der Waals surface area contributed by atoms with Crippen molar-refractivity contribution in [2.24, 2.45) is 0 Å². The van der Waals surface area contributed by atoms with Gasteiger partial charge >= 0.3 is 0 Å². The molecule has 1 N–H and O–H groups in total. The van der Waals surface area contributed by atoms with Crippen LogP contribution in [0.5, 0.6) is 0 Å². The third-order valence-corrected chi connectivity index (χ3v) is 4.47. The van der Waals surface area contributed by atoms with Crippen LogP contribution in [0.25, 0.3) is 0 Å². The third-order valence-electron chi connectivity index (χ3n) is 3.25. The van der Waals surface area contributed by atoms with E-state index in [1.807, 2.05) is 11.3 Å². The van der Waals surface area contributed by atoms with Crippen molar-refractivity contribution in [3.63, 3.8) is 0 Å². The molecule has 0 aromatic carbocycles. The summed E-state index contributed by atoms with van der Waals surface area (Å²) in [5.41, 5.74) is 1.36. The van der Waals surface area contributed by atoms with Gasteiger partial charge in [0, 0.05) is 29.9 Å². The fraction of sp³-hybridized carbons (Fsp3) is 0.800. The maximum Gasteiger partial charge on any atom is 0.0944 e. The molecule has 0 spiro atoms. The molecular formula is C15H29N3S. The van der Waals surface area contributed by atoms with E-state index in [9.17, 15) is 0 Å². The van der Waals surface area contributed by atoms with Crippen LogP contribution < -0.4 is 5.32 Å². The zero-order valence-electron chi connectivity index (χ0n) is 13.3. The predicted molar refractivity (Wildman–Crippen MR) is 84.9 cm³/mol. The highest BCUT2D eigenvalue weighted by molar-refractivity contribution is 7.11. The molecule has 0 aliphatic carbocycles. The number of likely N-dealkylation sites (N-methyl/N-ethyl adjacent to an activating group) is 1. The first-order valence-corrected chi connectivity index (χ1v) is 8.10. The molecule has 0 amide bonds. The Bertz CT molecular complexity index is 375. The maximum absolute atomic E-state index is 4.70. The molecule has 0 atom stereocenters. The van der Waals surface area contributed by atoms with Crippen LogP contribution in [0.3, 0.4) is 0 Å². The minimum atomic E-state index is 0.164. The molecule has 0 aliphatic heterocycles. The summed E-state index contributed by atoms with van der Waals surface area (Å²) in [6.45, 7) is 17.4. The van der Waals surface area contributed by atoms with Gasteiger partial charge in [-0.1, -0.05) is 13.8 Å². The lowest BCUT2D eigenvalue weighted by Gasteiger charge is -2.19. The van der Waals surface area contributed by atoms with Crippen molar-refractivity contribution >= 4 is 11.3 Å². The largest absolute Gasteiger partial charge is 0.307 e. The van der Waals surface area contributed by atoms with E-state index >= 15 is 0 Å². The molecule has 1 heterocycles. The lowest BCUT2D eigenvalue weighted by atomic mass is 10.1. The Kier molecular flexibility index (Phi) is 6.43. The van der Waals surface area contributed by atoms with Crippen LogP contribution in [0.4, 0.5) is 0 Å². The Morgan fingerprint density at radius 3 is 2.37 bits per heavy atom. The number of aryl methyl sites for hydroxylation is 1. The topological polar surface area (TPSA) is 28.2 Å². The number of hydrogen-bond donors (Lipinski definition) is 1.